The first-order valence-electron chi connectivity index (χ1n) is 6.65. The van der Waals surface area contributed by atoms with Gasteiger partial charge in [0.1, 0.15) is 5.69 Å². The second-order valence-corrected chi connectivity index (χ2v) is 7.42. The van der Waals surface area contributed by atoms with Gasteiger partial charge in [0.15, 0.2) is 0 Å². The van der Waals surface area contributed by atoms with Gasteiger partial charge in [0.2, 0.25) is 0 Å². The number of nitrogens with zero attached hydrogens (tertiary/aromatic N) is 2. The van der Waals surface area contributed by atoms with E-state index < -0.39 is 0 Å². The Bertz CT molecular complexity index is 640. The molecule has 1 amide bonds. The van der Waals surface area contributed by atoms with E-state index in [0.29, 0.717) is 10.3 Å². The normalized spacial score (nSPS) is 15.1. The van der Waals surface area contributed by atoms with Crippen LogP contribution in [-0.2, 0) is 0 Å². The Labute approximate surface area is 132 Å². The Morgan fingerprint density at radius 2 is 2.05 bits per heavy atom. The lowest BCUT2D eigenvalue weighted by atomic mass is 10.2. The van der Waals surface area contributed by atoms with Crippen LogP contribution >= 0.6 is 23.5 Å². The van der Waals surface area contributed by atoms with Gasteiger partial charge < -0.3 is 5.32 Å². The third-order valence-corrected chi connectivity index (χ3v) is 6.16. The van der Waals surface area contributed by atoms with Crippen LogP contribution in [0.2, 0.25) is 0 Å². The van der Waals surface area contributed by atoms with Crippen molar-refractivity contribution in [3.8, 4) is 0 Å². The summed E-state index contributed by atoms with van der Waals surface area (Å²) in [7, 11) is 0. The van der Waals surface area contributed by atoms with E-state index in [9.17, 15) is 4.79 Å². The summed E-state index contributed by atoms with van der Waals surface area (Å²) >= 11 is 3.90. The molecule has 0 aliphatic carbocycles. The van der Waals surface area contributed by atoms with Crippen molar-refractivity contribution in [2.45, 2.75) is 11.5 Å². The number of carbonyl (C=O) groups excluding carboxylic acids is 1. The number of hydrogen-bond donors (Lipinski definition) is 1. The Kier molecular flexibility index (Phi) is 4.45. The maximum Gasteiger partial charge on any atom is 0.275 e. The van der Waals surface area contributed by atoms with Crippen LogP contribution in [0.1, 0.15) is 26.3 Å². The van der Waals surface area contributed by atoms with Crippen LogP contribution in [0.3, 0.4) is 0 Å². The number of aromatic nitrogens is 2. The minimum atomic E-state index is -0.230. The molecule has 1 aromatic heterocycles. The number of aryl methyl sites for hydroxylation is 1. The zero-order valence-corrected chi connectivity index (χ0v) is 13.2. The van der Waals surface area contributed by atoms with Gasteiger partial charge in [-0.15, -0.1) is 23.5 Å². The molecular weight excluding hydrogens is 302 g/mol. The van der Waals surface area contributed by atoms with Crippen molar-refractivity contribution in [2.75, 3.05) is 16.8 Å². The standard InChI is InChI=1S/C15H15N3OS2/c1-10-8-17-13(9-16-10)14(19)18-12-4-2-3-11(7-12)15-20-5-6-21-15/h2-4,7-9,15H,5-6H2,1H3,(H,18,19). The number of hydrogen-bond acceptors (Lipinski definition) is 5. The minimum Gasteiger partial charge on any atom is -0.321 e. The summed E-state index contributed by atoms with van der Waals surface area (Å²) in [6.45, 7) is 1.84. The zero-order chi connectivity index (χ0) is 14.7. The molecule has 0 saturated carbocycles. The number of benzene rings is 1. The molecule has 3 rings (SSSR count). The van der Waals surface area contributed by atoms with Crippen LogP contribution < -0.4 is 5.32 Å². The highest BCUT2D eigenvalue weighted by atomic mass is 32.2. The minimum absolute atomic E-state index is 0.230. The fourth-order valence-corrected chi connectivity index (χ4v) is 4.86. The van der Waals surface area contributed by atoms with E-state index in [1.54, 1.807) is 6.20 Å². The molecule has 1 saturated heterocycles. The topological polar surface area (TPSA) is 54.9 Å². The molecule has 0 unspecified atom stereocenters. The molecule has 21 heavy (non-hydrogen) atoms. The summed E-state index contributed by atoms with van der Waals surface area (Å²) in [4.78, 5) is 20.3. The van der Waals surface area contributed by atoms with E-state index in [0.717, 1.165) is 11.4 Å². The van der Waals surface area contributed by atoms with Crippen molar-refractivity contribution in [3.63, 3.8) is 0 Å². The van der Waals surface area contributed by atoms with E-state index in [4.69, 9.17) is 0 Å². The molecule has 2 aromatic rings. The smallest absolute Gasteiger partial charge is 0.275 e. The van der Waals surface area contributed by atoms with Gasteiger partial charge in [0.05, 0.1) is 16.5 Å². The van der Waals surface area contributed by atoms with Gasteiger partial charge in [-0.2, -0.15) is 0 Å². The fourth-order valence-electron chi connectivity index (χ4n) is 2.02. The van der Waals surface area contributed by atoms with Gasteiger partial charge >= 0.3 is 0 Å². The average molecular weight is 317 g/mol. The molecule has 1 aliphatic rings. The summed E-state index contributed by atoms with van der Waals surface area (Å²) in [6.07, 6.45) is 3.09. The van der Waals surface area contributed by atoms with Gasteiger partial charge in [0, 0.05) is 23.4 Å². The molecule has 1 aromatic carbocycles. The first-order valence-corrected chi connectivity index (χ1v) is 8.75. The molecule has 1 fully saturated rings. The van der Waals surface area contributed by atoms with Crippen molar-refractivity contribution in [1.29, 1.82) is 0 Å². The van der Waals surface area contributed by atoms with Crippen LogP contribution in [0.4, 0.5) is 5.69 Å². The molecular formula is C15H15N3OS2. The van der Waals surface area contributed by atoms with Gasteiger partial charge in [-0.25, -0.2) is 4.98 Å². The van der Waals surface area contributed by atoms with Crippen LogP contribution in [-0.4, -0.2) is 27.4 Å². The predicted molar refractivity (Wildman–Crippen MR) is 88.8 cm³/mol. The largest absolute Gasteiger partial charge is 0.321 e. The molecule has 6 heteroatoms. The van der Waals surface area contributed by atoms with Gasteiger partial charge in [-0.3, -0.25) is 9.78 Å². The highest BCUT2D eigenvalue weighted by molar-refractivity contribution is 8.19. The Hall–Kier alpha value is -1.53. The van der Waals surface area contributed by atoms with E-state index in [-0.39, 0.29) is 5.91 Å². The van der Waals surface area contributed by atoms with Crippen molar-refractivity contribution in [2.24, 2.45) is 0 Å². The number of carbonyl (C=O) groups is 1. The quantitative estimate of drug-likeness (QED) is 0.939. The molecule has 4 nitrogen and oxygen atoms in total. The van der Waals surface area contributed by atoms with Crippen LogP contribution in [0.25, 0.3) is 0 Å². The Balaban J connectivity index is 1.73. The third-order valence-electron chi connectivity index (χ3n) is 3.05. The number of thioether (sulfide) groups is 2. The number of amides is 1. The number of rotatable bonds is 3. The van der Waals surface area contributed by atoms with Gasteiger partial charge in [-0.05, 0) is 24.6 Å². The summed E-state index contributed by atoms with van der Waals surface area (Å²) in [5.41, 5.74) is 3.17. The molecule has 1 aliphatic heterocycles. The first-order chi connectivity index (χ1) is 10.2. The van der Waals surface area contributed by atoms with Crippen molar-refractivity contribution in [1.82, 2.24) is 9.97 Å². The highest BCUT2D eigenvalue weighted by Crippen LogP contribution is 2.45. The lowest BCUT2D eigenvalue weighted by Gasteiger charge is -2.11. The van der Waals surface area contributed by atoms with E-state index in [1.165, 1.54) is 23.3 Å². The monoisotopic (exact) mass is 317 g/mol. The number of anilines is 1. The van der Waals surface area contributed by atoms with Crippen molar-refractivity contribution >= 4 is 35.1 Å². The second-order valence-electron chi connectivity index (χ2n) is 4.70. The van der Waals surface area contributed by atoms with E-state index in [2.05, 4.69) is 21.4 Å². The maximum absolute atomic E-state index is 12.1. The first kappa shape index (κ1) is 14.4. The lowest BCUT2D eigenvalue weighted by Crippen LogP contribution is -2.14. The second kappa shape index (κ2) is 6.49. The maximum atomic E-state index is 12.1. The molecule has 0 spiro atoms. The average Bonchev–Trinajstić information content (AvgIpc) is 3.02. The summed E-state index contributed by atoms with van der Waals surface area (Å²) in [5, 5.41) is 2.88. The van der Waals surface area contributed by atoms with Crippen LogP contribution in [0.5, 0.6) is 0 Å². The van der Waals surface area contributed by atoms with Gasteiger partial charge in [-0.1, -0.05) is 12.1 Å². The molecule has 108 valence electrons. The number of nitrogens with one attached hydrogen (secondary N) is 1. The van der Waals surface area contributed by atoms with Crippen LogP contribution in [0.15, 0.2) is 36.7 Å². The van der Waals surface area contributed by atoms with Crippen molar-refractivity contribution < 1.29 is 4.79 Å². The Morgan fingerprint density at radius 1 is 1.24 bits per heavy atom. The molecule has 0 atom stereocenters. The molecule has 1 N–H and O–H groups in total. The highest BCUT2D eigenvalue weighted by Gasteiger charge is 2.18. The van der Waals surface area contributed by atoms with E-state index in [1.807, 2.05) is 48.6 Å². The summed E-state index contributed by atoms with van der Waals surface area (Å²) in [5.74, 6) is 2.14. The van der Waals surface area contributed by atoms with Gasteiger partial charge in [0.25, 0.3) is 5.91 Å². The molecule has 0 radical (unpaired) electrons. The lowest BCUT2D eigenvalue weighted by molar-refractivity contribution is 0.102. The SMILES string of the molecule is Cc1cnc(C(=O)Nc2cccc(C3SCCS3)c2)cn1. The molecule has 2 heterocycles. The molecule has 0 bridgehead atoms. The van der Waals surface area contributed by atoms with Crippen LogP contribution in [0, 0.1) is 6.92 Å². The third kappa shape index (κ3) is 3.57. The van der Waals surface area contributed by atoms with Crippen molar-refractivity contribution in [3.05, 3.63) is 53.6 Å². The summed E-state index contributed by atoms with van der Waals surface area (Å²) < 4.78 is 0.473. The van der Waals surface area contributed by atoms with E-state index >= 15 is 0 Å². The predicted octanol–water partition coefficient (Wildman–Crippen LogP) is 3.52. The fraction of sp³-hybridized carbons (Fsp3) is 0.267. The zero-order valence-electron chi connectivity index (χ0n) is 11.6. The Morgan fingerprint density at radius 3 is 2.76 bits per heavy atom. The summed E-state index contributed by atoms with van der Waals surface area (Å²) in [6, 6.07) is 8.02.